The highest BCUT2D eigenvalue weighted by atomic mass is 16.2. The zero-order valence-electron chi connectivity index (χ0n) is 14.8. The number of carbonyl (C=O) groups excluding carboxylic acids is 1. The monoisotopic (exact) mass is 338 g/mol. The van der Waals surface area contributed by atoms with Gasteiger partial charge in [-0.1, -0.05) is 18.2 Å². The number of piperidine rings is 1. The Morgan fingerprint density at radius 2 is 1.92 bits per heavy atom. The van der Waals surface area contributed by atoms with Crippen molar-refractivity contribution in [2.75, 3.05) is 13.1 Å². The first-order valence-electron chi connectivity index (χ1n) is 9.36. The SMILES string of the molecule is CC(N)C1CCN(C(=O)c2nn(-c3ccccc3)c3c2CCC3)CC1. The summed E-state index contributed by atoms with van der Waals surface area (Å²) in [5.41, 5.74) is 10.1. The summed E-state index contributed by atoms with van der Waals surface area (Å²) in [6.07, 6.45) is 5.04. The molecule has 0 saturated carbocycles. The van der Waals surface area contributed by atoms with Crippen LogP contribution in [-0.2, 0) is 12.8 Å². The van der Waals surface area contributed by atoms with Crippen molar-refractivity contribution in [3.63, 3.8) is 0 Å². The van der Waals surface area contributed by atoms with Gasteiger partial charge in [0.2, 0.25) is 0 Å². The molecule has 1 fully saturated rings. The maximum absolute atomic E-state index is 13.1. The summed E-state index contributed by atoms with van der Waals surface area (Å²) in [6, 6.07) is 10.3. The van der Waals surface area contributed by atoms with Gasteiger partial charge in [-0.25, -0.2) is 4.68 Å². The molecule has 1 saturated heterocycles. The van der Waals surface area contributed by atoms with Crippen LogP contribution in [0.1, 0.15) is 47.9 Å². The number of likely N-dealkylation sites (tertiary alicyclic amines) is 1. The minimum absolute atomic E-state index is 0.0935. The van der Waals surface area contributed by atoms with Crippen molar-refractivity contribution in [2.45, 2.75) is 45.1 Å². The van der Waals surface area contributed by atoms with E-state index in [9.17, 15) is 4.79 Å². The fourth-order valence-corrected chi connectivity index (χ4v) is 4.17. The maximum Gasteiger partial charge on any atom is 0.274 e. The predicted octanol–water partition coefficient (Wildman–Crippen LogP) is 2.56. The van der Waals surface area contributed by atoms with E-state index in [4.69, 9.17) is 10.8 Å². The van der Waals surface area contributed by atoms with E-state index in [1.54, 1.807) is 0 Å². The van der Waals surface area contributed by atoms with E-state index in [1.165, 1.54) is 5.69 Å². The Kier molecular flexibility index (Phi) is 4.34. The lowest BCUT2D eigenvalue weighted by atomic mass is 9.91. The van der Waals surface area contributed by atoms with Crippen LogP contribution in [0, 0.1) is 5.92 Å². The summed E-state index contributed by atoms with van der Waals surface area (Å²) in [4.78, 5) is 15.1. The van der Waals surface area contributed by atoms with Crippen molar-refractivity contribution in [2.24, 2.45) is 11.7 Å². The van der Waals surface area contributed by atoms with Gasteiger partial charge in [-0.05, 0) is 57.1 Å². The number of benzene rings is 1. The Balaban J connectivity index is 1.60. The smallest absolute Gasteiger partial charge is 0.274 e. The van der Waals surface area contributed by atoms with E-state index < -0.39 is 0 Å². The van der Waals surface area contributed by atoms with Gasteiger partial charge < -0.3 is 10.6 Å². The number of hydrogen-bond acceptors (Lipinski definition) is 3. The first-order chi connectivity index (χ1) is 12.1. The summed E-state index contributed by atoms with van der Waals surface area (Å²) in [6.45, 7) is 3.65. The molecule has 2 heterocycles. The number of fused-ring (bicyclic) bond motifs is 1. The molecule has 5 nitrogen and oxygen atoms in total. The van der Waals surface area contributed by atoms with Crippen molar-refractivity contribution in [1.82, 2.24) is 14.7 Å². The molecule has 1 amide bonds. The van der Waals surface area contributed by atoms with Crippen molar-refractivity contribution in [1.29, 1.82) is 0 Å². The van der Waals surface area contributed by atoms with Crippen molar-refractivity contribution in [3.8, 4) is 5.69 Å². The van der Waals surface area contributed by atoms with Gasteiger partial charge in [-0.15, -0.1) is 0 Å². The molecule has 4 rings (SSSR count). The lowest BCUT2D eigenvalue weighted by Crippen LogP contribution is -2.42. The lowest BCUT2D eigenvalue weighted by molar-refractivity contribution is 0.0673. The van der Waals surface area contributed by atoms with Crippen LogP contribution in [-0.4, -0.2) is 39.7 Å². The van der Waals surface area contributed by atoms with Gasteiger partial charge in [0.05, 0.1) is 5.69 Å². The topological polar surface area (TPSA) is 64.2 Å². The first-order valence-corrected chi connectivity index (χ1v) is 9.36. The molecular formula is C20H26N4O. The summed E-state index contributed by atoms with van der Waals surface area (Å²) in [7, 11) is 0. The highest BCUT2D eigenvalue weighted by Crippen LogP contribution is 2.29. The van der Waals surface area contributed by atoms with Crippen LogP contribution in [0.25, 0.3) is 5.69 Å². The Bertz CT molecular complexity index is 758. The number of hydrogen-bond donors (Lipinski definition) is 1. The van der Waals surface area contributed by atoms with E-state index in [1.807, 2.05) is 39.9 Å². The van der Waals surface area contributed by atoms with Crippen LogP contribution in [0.5, 0.6) is 0 Å². The second-order valence-corrected chi connectivity index (χ2v) is 7.36. The summed E-state index contributed by atoms with van der Waals surface area (Å²) in [5, 5.41) is 4.73. The molecule has 0 bridgehead atoms. The number of nitrogens with zero attached hydrogens (tertiary/aromatic N) is 3. The molecular weight excluding hydrogens is 312 g/mol. The van der Waals surface area contributed by atoms with Crippen LogP contribution in [0.3, 0.4) is 0 Å². The zero-order valence-corrected chi connectivity index (χ0v) is 14.8. The molecule has 1 aliphatic heterocycles. The molecule has 1 unspecified atom stereocenters. The molecule has 1 atom stereocenters. The quantitative estimate of drug-likeness (QED) is 0.935. The second kappa shape index (κ2) is 6.64. The normalized spacial score (nSPS) is 19.0. The third kappa shape index (κ3) is 2.97. The van der Waals surface area contributed by atoms with Gasteiger partial charge >= 0.3 is 0 Å². The number of amides is 1. The number of nitrogens with two attached hydrogens (primary N) is 1. The van der Waals surface area contributed by atoms with Gasteiger partial charge in [0.25, 0.3) is 5.91 Å². The molecule has 5 heteroatoms. The molecule has 2 N–H and O–H groups in total. The van der Waals surface area contributed by atoms with Crippen molar-refractivity contribution < 1.29 is 4.79 Å². The minimum Gasteiger partial charge on any atom is -0.337 e. The number of aromatic nitrogens is 2. The van der Waals surface area contributed by atoms with Gasteiger partial charge in [-0.3, -0.25) is 4.79 Å². The number of carbonyl (C=O) groups is 1. The third-order valence-electron chi connectivity index (χ3n) is 5.70. The van der Waals surface area contributed by atoms with Crippen LogP contribution >= 0.6 is 0 Å². The molecule has 1 aromatic heterocycles. The molecule has 1 aliphatic carbocycles. The Morgan fingerprint density at radius 1 is 1.20 bits per heavy atom. The largest absolute Gasteiger partial charge is 0.337 e. The van der Waals surface area contributed by atoms with Crippen LogP contribution < -0.4 is 5.73 Å². The van der Waals surface area contributed by atoms with Gasteiger partial charge in [0, 0.05) is 30.4 Å². The first kappa shape index (κ1) is 16.3. The summed E-state index contributed by atoms with van der Waals surface area (Å²) in [5.74, 6) is 0.618. The zero-order chi connectivity index (χ0) is 17.4. The molecule has 0 radical (unpaired) electrons. The Morgan fingerprint density at radius 3 is 2.60 bits per heavy atom. The highest BCUT2D eigenvalue weighted by Gasteiger charge is 2.31. The average Bonchev–Trinajstić information content (AvgIpc) is 3.24. The Labute approximate surface area is 148 Å². The molecule has 25 heavy (non-hydrogen) atoms. The Hall–Kier alpha value is -2.14. The molecule has 132 valence electrons. The van der Waals surface area contributed by atoms with E-state index in [-0.39, 0.29) is 11.9 Å². The second-order valence-electron chi connectivity index (χ2n) is 7.36. The standard InChI is InChI=1S/C20H26N4O/c1-14(21)15-10-12-23(13-11-15)20(25)19-17-8-5-9-18(17)24(22-19)16-6-3-2-4-7-16/h2-4,6-7,14-15H,5,8-13,21H2,1H3. The van der Waals surface area contributed by atoms with Gasteiger partial charge in [0.1, 0.15) is 0 Å². The number of rotatable bonds is 3. The predicted molar refractivity (Wildman–Crippen MR) is 97.9 cm³/mol. The molecule has 2 aromatic rings. The van der Waals surface area contributed by atoms with E-state index in [0.717, 1.165) is 56.4 Å². The number of para-hydroxylation sites is 1. The summed E-state index contributed by atoms with van der Waals surface area (Å²) < 4.78 is 1.98. The summed E-state index contributed by atoms with van der Waals surface area (Å²) >= 11 is 0. The van der Waals surface area contributed by atoms with Crippen LogP contribution in [0.15, 0.2) is 30.3 Å². The van der Waals surface area contributed by atoms with E-state index in [0.29, 0.717) is 11.6 Å². The molecule has 1 aromatic carbocycles. The maximum atomic E-state index is 13.1. The fourth-order valence-electron chi connectivity index (χ4n) is 4.17. The average molecular weight is 338 g/mol. The van der Waals surface area contributed by atoms with Crippen LogP contribution in [0.2, 0.25) is 0 Å². The third-order valence-corrected chi connectivity index (χ3v) is 5.70. The van der Waals surface area contributed by atoms with Gasteiger partial charge in [-0.2, -0.15) is 5.10 Å². The lowest BCUT2D eigenvalue weighted by Gasteiger charge is -2.33. The van der Waals surface area contributed by atoms with E-state index >= 15 is 0 Å². The highest BCUT2D eigenvalue weighted by molar-refractivity contribution is 5.94. The van der Waals surface area contributed by atoms with Gasteiger partial charge in [0.15, 0.2) is 5.69 Å². The molecule has 0 spiro atoms. The van der Waals surface area contributed by atoms with E-state index in [2.05, 4.69) is 6.92 Å². The molecule has 2 aliphatic rings. The van der Waals surface area contributed by atoms with Crippen molar-refractivity contribution in [3.05, 3.63) is 47.3 Å². The van der Waals surface area contributed by atoms with Crippen molar-refractivity contribution >= 4 is 5.91 Å². The van der Waals surface area contributed by atoms with Crippen LogP contribution in [0.4, 0.5) is 0 Å². The minimum atomic E-state index is 0.0935. The fraction of sp³-hybridized carbons (Fsp3) is 0.500.